The van der Waals surface area contributed by atoms with Crippen molar-refractivity contribution in [3.63, 3.8) is 0 Å². The van der Waals surface area contributed by atoms with Gasteiger partial charge in [0.05, 0.1) is 0 Å². The summed E-state index contributed by atoms with van der Waals surface area (Å²) in [6.45, 7) is 4.73. The molecule has 1 aromatic carbocycles. The van der Waals surface area contributed by atoms with Crippen LogP contribution < -0.4 is 0 Å². The van der Waals surface area contributed by atoms with Crippen LogP contribution in [0.2, 0.25) is 0 Å². The largest absolute Gasteiger partial charge is 0.489 e. The van der Waals surface area contributed by atoms with Crippen molar-refractivity contribution in [2.45, 2.75) is 26.9 Å². The third-order valence-electron chi connectivity index (χ3n) is 2.05. The summed E-state index contributed by atoms with van der Waals surface area (Å²) in [6, 6.07) is 10.2. The summed E-state index contributed by atoms with van der Waals surface area (Å²) in [6.07, 6.45) is 7.13. The normalized spacial score (nSPS) is 12.0. The average molecular weight is 202 g/mol. The average Bonchev–Trinajstić information content (AvgIpc) is 2.31. The van der Waals surface area contributed by atoms with Gasteiger partial charge in [0.25, 0.3) is 0 Å². The summed E-state index contributed by atoms with van der Waals surface area (Å²) in [5.74, 6) is 0.931. The van der Waals surface area contributed by atoms with Gasteiger partial charge in [0.1, 0.15) is 12.4 Å². The maximum absolute atomic E-state index is 5.65. The van der Waals surface area contributed by atoms with Crippen LogP contribution in [0.1, 0.15) is 25.8 Å². The van der Waals surface area contributed by atoms with Gasteiger partial charge in [0.15, 0.2) is 0 Å². The molecule has 0 aliphatic carbocycles. The Balaban J connectivity index is 2.45. The molecule has 1 rings (SSSR count). The highest BCUT2D eigenvalue weighted by Crippen LogP contribution is 2.07. The van der Waals surface area contributed by atoms with Crippen molar-refractivity contribution in [2.24, 2.45) is 0 Å². The van der Waals surface area contributed by atoms with Crippen LogP contribution >= 0.6 is 0 Å². The van der Waals surface area contributed by atoms with Gasteiger partial charge in [0, 0.05) is 0 Å². The smallest absolute Gasteiger partial charge is 0.115 e. The molecular formula is C14H18O. The Kier molecular flexibility index (Phi) is 5.31. The van der Waals surface area contributed by atoms with E-state index in [-0.39, 0.29) is 0 Å². The van der Waals surface area contributed by atoms with Crippen molar-refractivity contribution in [3.05, 3.63) is 59.9 Å². The number of hydrogen-bond acceptors (Lipinski definition) is 1. The molecule has 1 heteroatoms. The number of ether oxygens (including phenoxy) is 1. The fourth-order valence-electron chi connectivity index (χ4n) is 1.20. The van der Waals surface area contributed by atoms with E-state index < -0.39 is 0 Å². The van der Waals surface area contributed by atoms with Crippen LogP contribution in [0, 0.1) is 0 Å². The lowest BCUT2D eigenvalue weighted by atomic mass is 10.2. The number of benzene rings is 1. The minimum Gasteiger partial charge on any atom is -0.489 e. The second-order valence-corrected chi connectivity index (χ2v) is 3.28. The van der Waals surface area contributed by atoms with Crippen LogP contribution in [0.15, 0.2) is 54.3 Å². The monoisotopic (exact) mass is 202 g/mol. The molecule has 0 saturated carbocycles. The van der Waals surface area contributed by atoms with Crippen molar-refractivity contribution < 1.29 is 4.74 Å². The molecular weight excluding hydrogens is 184 g/mol. The molecule has 0 atom stereocenters. The Hall–Kier alpha value is -1.50. The van der Waals surface area contributed by atoms with E-state index in [9.17, 15) is 0 Å². The predicted molar refractivity (Wildman–Crippen MR) is 64.4 cm³/mol. The fraction of sp³-hybridized carbons (Fsp3) is 0.286. The molecule has 0 heterocycles. The third-order valence-corrected chi connectivity index (χ3v) is 2.05. The van der Waals surface area contributed by atoms with Crippen molar-refractivity contribution in [2.75, 3.05) is 0 Å². The highest BCUT2D eigenvalue weighted by atomic mass is 16.5. The standard InChI is InChI=1S/C14H18O/c1-3-5-11-14(4-2)15-12-13-9-7-6-8-10-13/h4-11H,3,12H2,1-2H3. The lowest BCUT2D eigenvalue weighted by Crippen LogP contribution is -1.91. The Morgan fingerprint density at radius 3 is 2.60 bits per heavy atom. The number of hydrogen-bond donors (Lipinski definition) is 0. The molecule has 0 aliphatic rings. The van der Waals surface area contributed by atoms with E-state index in [1.54, 1.807) is 0 Å². The molecule has 0 aliphatic heterocycles. The first-order chi connectivity index (χ1) is 7.36. The maximum Gasteiger partial charge on any atom is 0.115 e. The summed E-state index contributed by atoms with van der Waals surface area (Å²) in [5, 5.41) is 0. The quantitative estimate of drug-likeness (QED) is 0.516. The first-order valence-corrected chi connectivity index (χ1v) is 5.36. The third kappa shape index (κ3) is 4.50. The van der Waals surface area contributed by atoms with Crippen molar-refractivity contribution in [3.8, 4) is 0 Å². The zero-order valence-corrected chi connectivity index (χ0v) is 9.44. The van der Waals surface area contributed by atoms with E-state index in [1.165, 1.54) is 5.56 Å². The van der Waals surface area contributed by atoms with Gasteiger partial charge in [-0.2, -0.15) is 0 Å². The lowest BCUT2D eigenvalue weighted by molar-refractivity contribution is 0.210. The van der Waals surface area contributed by atoms with E-state index in [4.69, 9.17) is 4.74 Å². The van der Waals surface area contributed by atoms with Crippen LogP contribution in [0.25, 0.3) is 0 Å². The lowest BCUT2D eigenvalue weighted by Gasteiger charge is -2.06. The van der Waals surface area contributed by atoms with Gasteiger partial charge in [-0.05, 0) is 31.1 Å². The van der Waals surface area contributed by atoms with Crippen LogP contribution in [0.4, 0.5) is 0 Å². The van der Waals surface area contributed by atoms with Crippen LogP contribution in [0.5, 0.6) is 0 Å². The molecule has 0 N–H and O–H groups in total. The van der Waals surface area contributed by atoms with Gasteiger partial charge in [0.2, 0.25) is 0 Å². The van der Waals surface area contributed by atoms with Gasteiger partial charge in [-0.3, -0.25) is 0 Å². The van der Waals surface area contributed by atoms with Gasteiger partial charge >= 0.3 is 0 Å². The molecule has 0 spiro atoms. The van der Waals surface area contributed by atoms with Crippen molar-refractivity contribution >= 4 is 0 Å². The van der Waals surface area contributed by atoms with E-state index in [2.05, 4.69) is 25.1 Å². The molecule has 1 aromatic rings. The molecule has 0 saturated heterocycles. The summed E-state index contributed by atoms with van der Waals surface area (Å²) in [7, 11) is 0. The van der Waals surface area contributed by atoms with Crippen LogP contribution in [-0.4, -0.2) is 0 Å². The Morgan fingerprint density at radius 1 is 1.27 bits per heavy atom. The number of rotatable bonds is 5. The Morgan fingerprint density at radius 2 is 2.00 bits per heavy atom. The van der Waals surface area contributed by atoms with E-state index in [0.29, 0.717) is 6.61 Å². The minimum absolute atomic E-state index is 0.633. The molecule has 1 nitrogen and oxygen atoms in total. The maximum atomic E-state index is 5.65. The minimum atomic E-state index is 0.633. The molecule has 0 amide bonds. The van der Waals surface area contributed by atoms with Crippen LogP contribution in [-0.2, 0) is 11.3 Å². The van der Waals surface area contributed by atoms with Crippen LogP contribution in [0.3, 0.4) is 0 Å². The Bertz CT molecular complexity index is 322. The molecule has 80 valence electrons. The van der Waals surface area contributed by atoms with E-state index in [0.717, 1.165) is 12.2 Å². The predicted octanol–water partition coefficient (Wildman–Crippen LogP) is 4.07. The molecule has 0 bridgehead atoms. The molecule has 0 radical (unpaired) electrons. The topological polar surface area (TPSA) is 9.23 Å². The van der Waals surface area contributed by atoms with Gasteiger partial charge in [-0.25, -0.2) is 0 Å². The summed E-state index contributed by atoms with van der Waals surface area (Å²) < 4.78 is 5.65. The highest BCUT2D eigenvalue weighted by Gasteiger charge is 1.93. The van der Waals surface area contributed by atoms with Crippen molar-refractivity contribution in [1.82, 2.24) is 0 Å². The van der Waals surface area contributed by atoms with Gasteiger partial charge in [-0.1, -0.05) is 43.3 Å². The molecule has 0 unspecified atom stereocenters. The number of allylic oxidation sites excluding steroid dienone is 3. The van der Waals surface area contributed by atoms with E-state index in [1.807, 2.05) is 37.3 Å². The zero-order valence-electron chi connectivity index (χ0n) is 9.44. The summed E-state index contributed by atoms with van der Waals surface area (Å²) in [4.78, 5) is 0. The highest BCUT2D eigenvalue weighted by molar-refractivity contribution is 5.15. The first-order valence-electron chi connectivity index (χ1n) is 5.36. The van der Waals surface area contributed by atoms with Crippen molar-refractivity contribution in [1.29, 1.82) is 0 Å². The van der Waals surface area contributed by atoms with E-state index >= 15 is 0 Å². The first kappa shape index (κ1) is 11.6. The Labute approximate surface area is 92.1 Å². The zero-order chi connectivity index (χ0) is 10.9. The second-order valence-electron chi connectivity index (χ2n) is 3.28. The summed E-state index contributed by atoms with van der Waals surface area (Å²) in [5.41, 5.74) is 1.20. The summed E-state index contributed by atoms with van der Waals surface area (Å²) >= 11 is 0. The van der Waals surface area contributed by atoms with Gasteiger partial charge in [-0.15, -0.1) is 0 Å². The molecule has 15 heavy (non-hydrogen) atoms. The second kappa shape index (κ2) is 6.88. The SMILES string of the molecule is CC=C(C=CCC)OCc1ccccc1. The molecule has 0 fully saturated rings. The fourth-order valence-corrected chi connectivity index (χ4v) is 1.20. The molecule has 0 aromatic heterocycles. The van der Waals surface area contributed by atoms with Gasteiger partial charge < -0.3 is 4.74 Å².